The molecule has 7 nitrogen and oxygen atoms in total. The summed E-state index contributed by atoms with van der Waals surface area (Å²) in [7, 11) is 0. The number of nitrogens with zero attached hydrogens (tertiary/aromatic N) is 4. The van der Waals surface area contributed by atoms with Crippen LogP contribution in [-0.4, -0.2) is 77.9 Å². The minimum Gasteiger partial charge on any atom is -0.340 e. The third-order valence-electron chi connectivity index (χ3n) is 8.19. The van der Waals surface area contributed by atoms with Crippen molar-refractivity contribution in [1.82, 2.24) is 20.1 Å². The first-order chi connectivity index (χ1) is 17.3. The monoisotopic (exact) mass is 489 g/mol. The average Bonchev–Trinajstić information content (AvgIpc) is 3.22. The SMILES string of the molecule is Cc1ccc(C)c(CN2CCN(C(=O)C3CN(C(C)C)CC4C(=O)N(c5ccccc5)NC34)CC2)c1. The molecule has 7 heteroatoms. The Labute approximate surface area is 215 Å². The van der Waals surface area contributed by atoms with Crippen LogP contribution in [0.5, 0.6) is 0 Å². The van der Waals surface area contributed by atoms with Gasteiger partial charge in [0.25, 0.3) is 0 Å². The molecule has 36 heavy (non-hydrogen) atoms. The zero-order valence-electron chi connectivity index (χ0n) is 22.0. The number of fused-ring (bicyclic) bond motifs is 1. The van der Waals surface area contributed by atoms with E-state index < -0.39 is 0 Å². The number of hydrazine groups is 1. The molecule has 3 atom stereocenters. The van der Waals surface area contributed by atoms with Crippen LogP contribution in [0.1, 0.15) is 30.5 Å². The fourth-order valence-electron chi connectivity index (χ4n) is 5.88. The Morgan fingerprint density at radius 3 is 2.42 bits per heavy atom. The third-order valence-corrected chi connectivity index (χ3v) is 8.19. The van der Waals surface area contributed by atoms with Crippen molar-refractivity contribution in [3.63, 3.8) is 0 Å². The highest BCUT2D eigenvalue weighted by molar-refractivity contribution is 5.98. The van der Waals surface area contributed by atoms with Crippen LogP contribution >= 0.6 is 0 Å². The Morgan fingerprint density at radius 1 is 1.00 bits per heavy atom. The van der Waals surface area contributed by atoms with Crippen molar-refractivity contribution in [2.24, 2.45) is 11.8 Å². The predicted octanol–water partition coefficient (Wildman–Crippen LogP) is 2.82. The van der Waals surface area contributed by atoms with Gasteiger partial charge >= 0.3 is 0 Å². The molecule has 0 aromatic heterocycles. The first-order valence-corrected chi connectivity index (χ1v) is 13.3. The van der Waals surface area contributed by atoms with Crippen LogP contribution in [0.2, 0.25) is 0 Å². The van der Waals surface area contributed by atoms with Crippen LogP contribution in [0.4, 0.5) is 5.69 Å². The topological polar surface area (TPSA) is 59.1 Å². The van der Waals surface area contributed by atoms with Gasteiger partial charge in [0, 0.05) is 51.9 Å². The molecule has 0 bridgehead atoms. The molecule has 3 fully saturated rings. The van der Waals surface area contributed by atoms with Crippen molar-refractivity contribution >= 4 is 17.5 Å². The second-order valence-electron chi connectivity index (χ2n) is 11.0. The summed E-state index contributed by atoms with van der Waals surface area (Å²) in [4.78, 5) is 34.1. The maximum absolute atomic E-state index is 13.9. The van der Waals surface area contributed by atoms with E-state index in [1.165, 1.54) is 16.7 Å². The van der Waals surface area contributed by atoms with Gasteiger partial charge < -0.3 is 4.90 Å². The molecule has 2 aromatic carbocycles. The van der Waals surface area contributed by atoms with E-state index in [2.05, 4.69) is 61.1 Å². The number of amides is 2. The highest BCUT2D eigenvalue weighted by atomic mass is 16.2. The summed E-state index contributed by atoms with van der Waals surface area (Å²) in [5.41, 5.74) is 8.25. The molecule has 1 N–H and O–H groups in total. The molecule has 192 valence electrons. The number of hydrogen-bond donors (Lipinski definition) is 1. The van der Waals surface area contributed by atoms with Crippen LogP contribution in [-0.2, 0) is 16.1 Å². The van der Waals surface area contributed by atoms with Crippen LogP contribution in [0.25, 0.3) is 0 Å². The molecule has 0 spiro atoms. The maximum Gasteiger partial charge on any atom is 0.247 e. The van der Waals surface area contributed by atoms with E-state index in [0.29, 0.717) is 13.1 Å². The first kappa shape index (κ1) is 24.9. The number of likely N-dealkylation sites (tertiary alicyclic amines) is 1. The standard InChI is InChI=1S/C29H39N5O2/c1-20(2)33-18-25(27-26(19-33)29(36)34(30-27)24-8-6-5-7-9-24)28(35)32-14-12-31(13-15-32)17-23-16-21(3)10-11-22(23)4/h5-11,16,20,25-27,30H,12-15,17-19H2,1-4H3. The second-order valence-corrected chi connectivity index (χ2v) is 11.0. The van der Waals surface area contributed by atoms with Gasteiger partial charge in [-0.3, -0.25) is 19.4 Å². The second kappa shape index (κ2) is 10.3. The van der Waals surface area contributed by atoms with E-state index in [1.54, 1.807) is 5.01 Å². The third kappa shape index (κ3) is 4.92. The molecule has 0 radical (unpaired) electrons. The van der Waals surface area contributed by atoms with Gasteiger partial charge in [-0.1, -0.05) is 42.0 Å². The summed E-state index contributed by atoms with van der Waals surface area (Å²) in [6, 6.07) is 16.4. The molecular formula is C29H39N5O2. The Kier molecular flexibility index (Phi) is 7.15. The number of rotatable bonds is 5. The quantitative estimate of drug-likeness (QED) is 0.700. The van der Waals surface area contributed by atoms with E-state index in [-0.39, 0.29) is 35.7 Å². The highest BCUT2D eigenvalue weighted by Crippen LogP contribution is 2.33. The zero-order valence-corrected chi connectivity index (χ0v) is 22.0. The number of aryl methyl sites for hydroxylation is 2. The number of benzene rings is 2. The normalized spacial score (nSPS) is 25.5. The van der Waals surface area contributed by atoms with E-state index >= 15 is 0 Å². The van der Waals surface area contributed by atoms with Gasteiger partial charge in [-0.15, -0.1) is 0 Å². The number of nitrogens with one attached hydrogen (secondary N) is 1. The Morgan fingerprint density at radius 2 is 1.72 bits per heavy atom. The zero-order chi connectivity index (χ0) is 25.4. The summed E-state index contributed by atoms with van der Waals surface area (Å²) in [5, 5.41) is 1.67. The molecule has 3 unspecified atom stereocenters. The van der Waals surface area contributed by atoms with Crippen molar-refractivity contribution in [1.29, 1.82) is 0 Å². The highest BCUT2D eigenvalue weighted by Gasteiger charge is 2.52. The molecule has 5 rings (SSSR count). The molecule has 3 aliphatic rings. The van der Waals surface area contributed by atoms with Crippen molar-refractivity contribution in [2.75, 3.05) is 44.3 Å². The molecule has 3 aliphatic heterocycles. The largest absolute Gasteiger partial charge is 0.340 e. The maximum atomic E-state index is 13.9. The Bertz CT molecular complexity index is 1100. The molecular weight excluding hydrogens is 450 g/mol. The molecule has 3 heterocycles. The number of para-hydroxylation sites is 1. The number of carbonyl (C=O) groups is 2. The van der Waals surface area contributed by atoms with Gasteiger partial charge in [-0.05, 0) is 51.0 Å². The Balaban J connectivity index is 1.28. The molecule has 2 aromatic rings. The number of anilines is 1. The molecule has 3 saturated heterocycles. The minimum absolute atomic E-state index is 0.0627. The summed E-state index contributed by atoms with van der Waals surface area (Å²) >= 11 is 0. The summed E-state index contributed by atoms with van der Waals surface area (Å²) in [6.45, 7) is 14.1. The van der Waals surface area contributed by atoms with Gasteiger partial charge in [-0.25, -0.2) is 10.4 Å². The number of carbonyl (C=O) groups excluding carboxylic acids is 2. The minimum atomic E-state index is -0.241. The van der Waals surface area contributed by atoms with E-state index in [4.69, 9.17) is 0 Å². The Hall–Kier alpha value is -2.74. The fourth-order valence-corrected chi connectivity index (χ4v) is 5.88. The lowest BCUT2D eigenvalue weighted by Gasteiger charge is -2.43. The van der Waals surface area contributed by atoms with Crippen LogP contribution in [0, 0.1) is 25.7 Å². The van der Waals surface area contributed by atoms with Crippen molar-refractivity contribution in [3.05, 3.63) is 65.2 Å². The summed E-state index contributed by atoms with van der Waals surface area (Å²) < 4.78 is 0. The predicted molar refractivity (Wildman–Crippen MR) is 142 cm³/mol. The fraction of sp³-hybridized carbons (Fsp3) is 0.517. The van der Waals surface area contributed by atoms with Crippen LogP contribution in [0.15, 0.2) is 48.5 Å². The average molecular weight is 490 g/mol. The smallest absolute Gasteiger partial charge is 0.247 e. The lowest BCUT2D eigenvalue weighted by atomic mass is 9.83. The lowest BCUT2D eigenvalue weighted by molar-refractivity contribution is -0.141. The van der Waals surface area contributed by atoms with Gasteiger partial charge in [0.2, 0.25) is 11.8 Å². The van der Waals surface area contributed by atoms with Gasteiger partial charge in [0.15, 0.2) is 0 Å². The van der Waals surface area contributed by atoms with Crippen molar-refractivity contribution in [2.45, 2.75) is 46.3 Å². The van der Waals surface area contributed by atoms with Gasteiger partial charge in [-0.2, -0.15) is 0 Å². The lowest BCUT2D eigenvalue weighted by Crippen LogP contribution is -2.60. The molecule has 2 amide bonds. The number of piperazine rings is 1. The van der Waals surface area contributed by atoms with Crippen molar-refractivity contribution in [3.8, 4) is 0 Å². The van der Waals surface area contributed by atoms with E-state index in [0.717, 1.165) is 38.4 Å². The van der Waals surface area contributed by atoms with Gasteiger partial charge in [0.05, 0.1) is 23.6 Å². The van der Waals surface area contributed by atoms with E-state index in [9.17, 15) is 9.59 Å². The summed E-state index contributed by atoms with van der Waals surface area (Å²) in [5.74, 6) is -0.222. The van der Waals surface area contributed by atoms with Gasteiger partial charge in [0.1, 0.15) is 0 Å². The number of hydrogen-bond acceptors (Lipinski definition) is 5. The van der Waals surface area contributed by atoms with E-state index in [1.807, 2.05) is 35.2 Å². The molecule has 0 saturated carbocycles. The summed E-state index contributed by atoms with van der Waals surface area (Å²) in [6.07, 6.45) is 0. The molecule has 0 aliphatic carbocycles. The first-order valence-electron chi connectivity index (χ1n) is 13.3. The van der Waals surface area contributed by atoms with Crippen molar-refractivity contribution < 1.29 is 9.59 Å². The number of piperidine rings is 1. The van der Waals surface area contributed by atoms with Crippen LogP contribution < -0.4 is 10.4 Å². The van der Waals surface area contributed by atoms with Crippen LogP contribution in [0.3, 0.4) is 0 Å².